The van der Waals surface area contributed by atoms with Crippen molar-refractivity contribution in [3.8, 4) is 5.88 Å². The van der Waals surface area contributed by atoms with Crippen LogP contribution in [0.2, 0.25) is 5.02 Å². The molecule has 0 fully saturated rings. The summed E-state index contributed by atoms with van der Waals surface area (Å²) < 4.78 is 54.0. The maximum absolute atomic E-state index is 13.6. The lowest BCUT2D eigenvalue weighted by Gasteiger charge is -2.09. The molecule has 1 amide bonds. The number of hydrogen-bond donors (Lipinski definition) is 1. The predicted molar refractivity (Wildman–Crippen MR) is 75.2 cm³/mol. The number of alkyl halides is 3. The molecular formula is C14H9ClF4N2O2. The van der Waals surface area contributed by atoms with Crippen molar-refractivity contribution in [1.29, 1.82) is 0 Å². The number of hydrogen-bond acceptors (Lipinski definition) is 3. The highest BCUT2D eigenvalue weighted by Gasteiger charge is 2.28. The van der Waals surface area contributed by atoms with Gasteiger partial charge < -0.3 is 10.1 Å². The number of amides is 1. The Labute approximate surface area is 133 Å². The minimum atomic E-state index is -4.48. The summed E-state index contributed by atoms with van der Waals surface area (Å²) in [5.41, 5.74) is -0.0597. The number of carbonyl (C=O) groups excluding carboxylic acids is 1. The van der Waals surface area contributed by atoms with Gasteiger partial charge in [0.15, 0.2) is 6.61 Å². The Morgan fingerprint density at radius 3 is 2.57 bits per heavy atom. The van der Waals surface area contributed by atoms with E-state index in [0.717, 1.165) is 18.3 Å². The van der Waals surface area contributed by atoms with Gasteiger partial charge in [0.05, 0.1) is 11.3 Å². The van der Waals surface area contributed by atoms with E-state index in [9.17, 15) is 22.4 Å². The first-order valence-corrected chi connectivity index (χ1v) is 6.54. The fourth-order valence-corrected chi connectivity index (χ4v) is 1.70. The van der Waals surface area contributed by atoms with Gasteiger partial charge in [-0.05, 0) is 24.3 Å². The molecule has 9 heteroatoms. The fourth-order valence-electron chi connectivity index (χ4n) is 1.54. The minimum absolute atomic E-state index is 0.0266. The number of carbonyl (C=O) groups is 1. The van der Waals surface area contributed by atoms with Gasteiger partial charge in [-0.25, -0.2) is 9.37 Å². The Balaban J connectivity index is 2.02. The van der Waals surface area contributed by atoms with Gasteiger partial charge in [-0.2, -0.15) is 13.2 Å². The summed E-state index contributed by atoms with van der Waals surface area (Å²) in [7, 11) is 0. The molecule has 4 nitrogen and oxygen atoms in total. The summed E-state index contributed by atoms with van der Waals surface area (Å²) in [6.07, 6.45) is -3.46. The van der Waals surface area contributed by atoms with Crippen molar-refractivity contribution in [2.75, 3.05) is 11.9 Å². The number of benzene rings is 1. The van der Waals surface area contributed by atoms with Crippen LogP contribution in [0.1, 0.15) is 10.4 Å². The van der Waals surface area contributed by atoms with Gasteiger partial charge in [-0.1, -0.05) is 11.6 Å². The molecule has 0 bridgehead atoms. The molecule has 122 valence electrons. The van der Waals surface area contributed by atoms with Crippen LogP contribution in [-0.4, -0.2) is 23.7 Å². The summed E-state index contributed by atoms with van der Waals surface area (Å²) in [6, 6.07) is 6.03. The zero-order chi connectivity index (χ0) is 17.0. The van der Waals surface area contributed by atoms with E-state index >= 15 is 0 Å². The lowest BCUT2D eigenvalue weighted by atomic mass is 10.2. The van der Waals surface area contributed by atoms with Gasteiger partial charge >= 0.3 is 6.18 Å². The van der Waals surface area contributed by atoms with Crippen molar-refractivity contribution < 1.29 is 27.1 Å². The van der Waals surface area contributed by atoms with E-state index in [1.165, 1.54) is 18.2 Å². The zero-order valence-electron chi connectivity index (χ0n) is 11.3. The summed E-state index contributed by atoms with van der Waals surface area (Å²) in [5, 5.41) is 2.47. The largest absolute Gasteiger partial charge is 0.468 e. The van der Waals surface area contributed by atoms with E-state index in [2.05, 4.69) is 15.0 Å². The highest BCUT2D eigenvalue weighted by atomic mass is 35.5. The molecule has 2 aromatic rings. The molecule has 1 aromatic carbocycles. The molecule has 0 aliphatic heterocycles. The predicted octanol–water partition coefficient (Wildman–Crippen LogP) is 4.07. The van der Waals surface area contributed by atoms with Crippen LogP contribution in [0.4, 0.5) is 23.2 Å². The molecule has 0 saturated carbocycles. The molecule has 1 N–H and O–H groups in total. The van der Waals surface area contributed by atoms with Crippen molar-refractivity contribution in [3.63, 3.8) is 0 Å². The Morgan fingerprint density at radius 1 is 1.26 bits per heavy atom. The highest BCUT2D eigenvalue weighted by Crippen LogP contribution is 2.20. The van der Waals surface area contributed by atoms with E-state index in [0.29, 0.717) is 0 Å². The molecule has 0 saturated heterocycles. The second-order valence-corrected chi connectivity index (χ2v) is 4.80. The van der Waals surface area contributed by atoms with Crippen molar-refractivity contribution in [2.24, 2.45) is 0 Å². The molecule has 0 aliphatic rings. The van der Waals surface area contributed by atoms with E-state index in [1.807, 2.05) is 0 Å². The molecule has 0 aliphatic carbocycles. The van der Waals surface area contributed by atoms with Crippen LogP contribution in [0.15, 0.2) is 36.5 Å². The average molecular weight is 349 g/mol. The second-order valence-electron chi connectivity index (χ2n) is 4.37. The standard InChI is InChI=1S/C14H9ClF4N2O2/c15-9-2-3-11(10(16)5-9)21-13(22)8-1-4-12(20-6-8)23-7-14(17,18)19/h1-6H,7H2,(H,21,22). The van der Waals surface area contributed by atoms with Gasteiger partial charge in [0.25, 0.3) is 5.91 Å². The Kier molecular flexibility index (Phi) is 5.05. The molecule has 1 heterocycles. The van der Waals surface area contributed by atoms with Crippen molar-refractivity contribution in [1.82, 2.24) is 4.98 Å². The van der Waals surface area contributed by atoms with Gasteiger partial charge in [0.2, 0.25) is 5.88 Å². The van der Waals surface area contributed by atoms with Crippen LogP contribution in [0.25, 0.3) is 0 Å². The normalized spacial score (nSPS) is 11.2. The first-order chi connectivity index (χ1) is 10.7. The maximum atomic E-state index is 13.6. The molecule has 23 heavy (non-hydrogen) atoms. The SMILES string of the molecule is O=C(Nc1ccc(Cl)cc1F)c1ccc(OCC(F)(F)F)nc1. The van der Waals surface area contributed by atoms with E-state index < -0.39 is 24.5 Å². The number of rotatable bonds is 4. The topological polar surface area (TPSA) is 51.2 Å². The summed E-state index contributed by atoms with van der Waals surface area (Å²) in [4.78, 5) is 15.5. The van der Waals surface area contributed by atoms with Crippen molar-refractivity contribution >= 4 is 23.2 Å². The fraction of sp³-hybridized carbons (Fsp3) is 0.143. The van der Waals surface area contributed by atoms with Crippen LogP contribution in [0, 0.1) is 5.82 Å². The van der Waals surface area contributed by atoms with Crippen LogP contribution in [0.3, 0.4) is 0 Å². The van der Waals surface area contributed by atoms with Crippen LogP contribution in [-0.2, 0) is 0 Å². The third-order valence-electron chi connectivity index (χ3n) is 2.56. The number of aromatic nitrogens is 1. The Bertz CT molecular complexity index is 705. The summed E-state index contributed by atoms with van der Waals surface area (Å²) >= 11 is 5.59. The lowest BCUT2D eigenvalue weighted by Crippen LogP contribution is -2.19. The van der Waals surface area contributed by atoms with Gasteiger partial charge in [-0.15, -0.1) is 0 Å². The Morgan fingerprint density at radius 2 is 2.00 bits per heavy atom. The van der Waals surface area contributed by atoms with Gasteiger partial charge in [0.1, 0.15) is 5.82 Å². The molecule has 0 unspecified atom stereocenters. The first kappa shape index (κ1) is 17.0. The Hall–Kier alpha value is -2.35. The van der Waals surface area contributed by atoms with E-state index in [4.69, 9.17) is 11.6 Å². The smallest absolute Gasteiger partial charge is 0.422 e. The number of nitrogens with zero attached hydrogens (tertiary/aromatic N) is 1. The van der Waals surface area contributed by atoms with Gasteiger partial charge in [0, 0.05) is 17.3 Å². The molecule has 1 aromatic heterocycles. The minimum Gasteiger partial charge on any atom is -0.468 e. The highest BCUT2D eigenvalue weighted by molar-refractivity contribution is 6.30. The lowest BCUT2D eigenvalue weighted by molar-refractivity contribution is -0.154. The molecule has 0 atom stereocenters. The zero-order valence-corrected chi connectivity index (χ0v) is 12.1. The average Bonchev–Trinajstić information content (AvgIpc) is 2.48. The monoisotopic (exact) mass is 348 g/mol. The molecular weight excluding hydrogens is 340 g/mol. The van der Waals surface area contributed by atoms with E-state index in [1.54, 1.807) is 0 Å². The molecule has 2 rings (SSSR count). The first-order valence-electron chi connectivity index (χ1n) is 6.16. The molecule has 0 spiro atoms. The summed E-state index contributed by atoms with van der Waals surface area (Å²) in [6.45, 7) is -1.48. The quantitative estimate of drug-likeness (QED) is 0.847. The molecule has 0 radical (unpaired) electrons. The summed E-state index contributed by atoms with van der Waals surface area (Å²) in [5.74, 6) is -1.68. The number of anilines is 1. The number of pyridine rings is 1. The number of ether oxygens (including phenoxy) is 1. The van der Waals surface area contributed by atoms with Gasteiger partial charge in [-0.3, -0.25) is 4.79 Å². The van der Waals surface area contributed by atoms with Crippen molar-refractivity contribution in [2.45, 2.75) is 6.18 Å². The van der Waals surface area contributed by atoms with E-state index in [-0.39, 0.29) is 22.2 Å². The number of nitrogens with one attached hydrogen (secondary N) is 1. The number of halogens is 5. The van der Waals surface area contributed by atoms with Crippen LogP contribution in [0.5, 0.6) is 5.88 Å². The third kappa shape index (κ3) is 5.10. The van der Waals surface area contributed by atoms with Crippen molar-refractivity contribution in [3.05, 3.63) is 52.9 Å². The third-order valence-corrected chi connectivity index (χ3v) is 2.80. The van der Waals surface area contributed by atoms with Crippen LogP contribution >= 0.6 is 11.6 Å². The second kappa shape index (κ2) is 6.82. The maximum Gasteiger partial charge on any atom is 0.422 e. The van der Waals surface area contributed by atoms with Crippen LogP contribution < -0.4 is 10.1 Å².